The first-order valence-corrected chi connectivity index (χ1v) is 5.34. The number of aromatic carboxylic acids is 1. The summed E-state index contributed by atoms with van der Waals surface area (Å²) in [6, 6.07) is 7.59. The predicted octanol–water partition coefficient (Wildman–Crippen LogP) is 2.09. The Morgan fingerprint density at radius 3 is 2.71 bits per heavy atom. The lowest BCUT2D eigenvalue weighted by molar-refractivity contribution is 0.0687. The zero-order valence-electron chi connectivity index (χ0n) is 9.66. The molecule has 0 spiro atoms. The molecule has 17 heavy (non-hydrogen) atoms. The molecule has 0 amide bonds. The van der Waals surface area contributed by atoms with Crippen LogP contribution in [-0.2, 0) is 0 Å². The molecule has 0 fully saturated rings. The molecule has 0 atom stereocenters. The maximum atomic E-state index is 11.0. The number of rotatable bonds is 3. The van der Waals surface area contributed by atoms with E-state index in [1.165, 1.54) is 10.9 Å². The molecule has 0 saturated carbocycles. The molecule has 0 saturated heterocycles. The Labute approximate surface area is 98.7 Å². The van der Waals surface area contributed by atoms with Crippen LogP contribution in [0.4, 0.5) is 0 Å². The van der Waals surface area contributed by atoms with E-state index < -0.39 is 5.97 Å². The van der Waals surface area contributed by atoms with Crippen molar-refractivity contribution in [3.8, 4) is 5.69 Å². The van der Waals surface area contributed by atoms with Gasteiger partial charge in [0.15, 0.2) is 5.69 Å². The first-order valence-electron chi connectivity index (χ1n) is 5.34. The molecular weight excluding hydrogens is 218 g/mol. The van der Waals surface area contributed by atoms with Crippen LogP contribution < -0.4 is 0 Å². The first-order chi connectivity index (χ1) is 8.11. The number of carbonyl (C=O) groups is 1. The summed E-state index contributed by atoms with van der Waals surface area (Å²) in [5.41, 5.74) is 1.87. The fraction of sp³-hybridized carbons (Fsp3) is 0.250. The third kappa shape index (κ3) is 2.04. The fourth-order valence-electron chi connectivity index (χ4n) is 1.73. The van der Waals surface area contributed by atoms with Gasteiger partial charge in [-0.1, -0.05) is 37.3 Å². The molecule has 2 rings (SSSR count). The Morgan fingerprint density at radius 1 is 1.35 bits per heavy atom. The van der Waals surface area contributed by atoms with Crippen LogP contribution >= 0.6 is 0 Å². The van der Waals surface area contributed by atoms with Crippen molar-refractivity contribution in [2.75, 3.05) is 0 Å². The number of carboxylic acids is 1. The second-order valence-corrected chi connectivity index (χ2v) is 4.05. The van der Waals surface area contributed by atoms with E-state index in [2.05, 4.69) is 24.2 Å². The maximum absolute atomic E-state index is 11.0. The number of hydrogen-bond donors (Lipinski definition) is 1. The Hall–Kier alpha value is -2.17. The second-order valence-electron chi connectivity index (χ2n) is 4.05. The highest BCUT2D eigenvalue weighted by Gasteiger charge is 2.16. The summed E-state index contributed by atoms with van der Waals surface area (Å²) in [6.45, 7) is 4.10. The number of hydrogen-bond acceptors (Lipinski definition) is 3. The molecular formula is C12H13N3O2. The third-order valence-electron chi connectivity index (χ3n) is 2.56. The van der Waals surface area contributed by atoms with E-state index in [-0.39, 0.29) is 11.6 Å². The summed E-state index contributed by atoms with van der Waals surface area (Å²) in [6.07, 6.45) is 1.25. The predicted molar refractivity (Wildman–Crippen MR) is 62.4 cm³/mol. The van der Waals surface area contributed by atoms with Crippen LogP contribution in [0.2, 0.25) is 0 Å². The number of para-hydroxylation sites is 1. The zero-order chi connectivity index (χ0) is 12.4. The SMILES string of the molecule is CC(C)c1ccccc1-n1nncc1C(=O)O. The van der Waals surface area contributed by atoms with Crippen LogP contribution in [0.3, 0.4) is 0 Å². The topological polar surface area (TPSA) is 68.0 Å². The van der Waals surface area contributed by atoms with Gasteiger partial charge in [-0.3, -0.25) is 0 Å². The molecule has 0 bridgehead atoms. The van der Waals surface area contributed by atoms with E-state index in [1.807, 2.05) is 24.3 Å². The number of nitrogens with zero attached hydrogens (tertiary/aromatic N) is 3. The smallest absolute Gasteiger partial charge is 0.356 e. The lowest BCUT2D eigenvalue weighted by atomic mass is 10.0. The largest absolute Gasteiger partial charge is 0.476 e. The minimum Gasteiger partial charge on any atom is -0.476 e. The molecule has 1 aromatic carbocycles. The van der Waals surface area contributed by atoms with Gasteiger partial charge in [0.1, 0.15) is 0 Å². The van der Waals surface area contributed by atoms with Crippen molar-refractivity contribution in [2.24, 2.45) is 0 Å². The van der Waals surface area contributed by atoms with Crippen LogP contribution in [0.1, 0.15) is 35.8 Å². The highest BCUT2D eigenvalue weighted by atomic mass is 16.4. The fourth-order valence-corrected chi connectivity index (χ4v) is 1.73. The lowest BCUT2D eigenvalue weighted by Gasteiger charge is -2.12. The van der Waals surface area contributed by atoms with Gasteiger partial charge in [-0.05, 0) is 17.5 Å². The van der Waals surface area contributed by atoms with E-state index in [0.717, 1.165) is 11.3 Å². The van der Waals surface area contributed by atoms with Gasteiger partial charge in [-0.15, -0.1) is 5.10 Å². The maximum Gasteiger partial charge on any atom is 0.356 e. The number of aromatic nitrogens is 3. The van der Waals surface area contributed by atoms with Crippen molar-refractivity contribution < 1.29 is 9.90 Å². The summed E-state index contributed by atoms with van der Waals surface area (Å²) < 4.78 is 1.36. The number of benzene rings is 1. The third-order valence-corrected chi connectivity index (χ3v) is 2.56. The molecule has 1 heterocycles. The molecule has 0 unspecified atom stereocenters. The van der Waals surface area contributed by atoms with Crippen LogP contribution in [-0.4, -0.2) is 26.1 Å². The van der Waals surface area contributed by atoms with Crippen molar-refractivity contribution in [2.45, 2.75) is 19.8 Å². The van der Waals surface area contributed by atoms with Gasteiger partial charge in [-0.25, -0.2) is 9.48 Å². The molecule has 0 aliphatic heterocycles. The van der Waals surface area contributed by atoms with Gasteiger partial charge >= 0.3 is 5.97 Å². The van der Waals surface area contributed by atoms with E-state index in [0.29, 0.717) is 0 Å². The van der Waals surface area contributed by atoms with Crippen molar-refractivity contribution >= 4 is 5.97 Å². The van der Waals surface area contributed by atoms with Crippen molar-refractivity contribution in [3.05, 3.63) is 41.7 Å². The van der Waals surface area contributed by atoms with Crippen LogP contribution in [0.5, 0.6) is 0 Å². The first kappa shape index (κ1) is 11.3. The molecule has 1 N–H and O–H groups in total. The Kier molecular flexibility index (Phi) is 2.91. The van der Waals surface area contributed by atoms with Gasteiger partial charge in [0, 0.05) is 0 Å². The minimum absolute atomic E-state index is 0.0677. The minimum atomic E-state index is -1.03. The summed E-state index contributed by atoms with van der Waals surface area (Å²) in [7, 11) is 0. The van der Waals surface area contributed by atoms with Crippen molar-refractivity contribution in [1.82, 2.24) is 15.0 Å². The lowest BCUT2D eigenvalue weighted by Crippen LogP contribution is -2.10. The Balaban J connectivity index is 2.60. The van der Waals surface area contributed by atoms with Gasteiger partial charge in [0.2, 0.25) is 0 Å². The van der Waals surface area contributed by atoms with Gasteiger partial charge in [0.05, 0.1) is 11.9 Å². The van der Waals surface area contributed by atoms with E-state index in [9.17, 15) is 4.79 Å². The monoisotopic (exact) mass is 231 g/mol. The summed E-state index contributed by atoms with van der Waals surface area (Å²) in [5.74, 6) is -0.745. The Morgan fingerprint density at radius 2 is 2.06 bits per heavy atom. The van der Waals surface area contributed by atoms with Gasteiger partial charge < -0.3 is 5.11 Å². The quantitative estimate of drug-likeness (QED) is 0.878. The summed E-state index contributed by atoms with van der Waals surface area (Å²) in [4.78, 5) is 11.0. The van der Waals surface area contributed by atoms with Gasteiger partial charge in [-0.2, -0.15) is 0 Å². The van der Waals surface area contributed by atoms with Crippen LogP contribution in [0.15, 0.2) is 30.5 Å². The standard InChI is InChI=1S/C12H13N3O2/c1-8(2)9-5-3-4-6-10(9)15-11(12(16)17)7-13-14-15/h3-8H,1-2H3,(H,16,17). The Bertz CT molecular complexity index is 546. The van der Waals surface area contributed by atoms with E-state index in [1.54, 1.807) is 0 Å². The summed E-state index contributed by atoms with van der Waals surface area (Å²) >= 11 is 0. The average Bonchev–Trinajstić information content (AvgIpc) is 2.77. The number of carboxylic acid groups (broad SMARTS) is 1. The van der Waals surface area contributed by atoms with E-state index in [4.69, 9.17) is 5.11 Å². The van der Waals surface area contributed by atoms with E-state index >= 15 is 0 Å². The molecule has 2 aromatic rings. The molecule has 5 heteroatoms. The zero-order valence-corrected chi connectivity index (χ0v) is 9.66. The molecule has 0 aliphatic rings. The van der Waals surface area contributed by atoms with Crippen molar-refractivity contribution in [1.29, 1.82) is 0 Å². The van der Waals surface area contributed by atoms with Crippen molar-refractivity contribution in [3.63, 3.8) is 0 Å². The second kappa shape index (κ2) is 4.37. The van der Waals surface area contributed by atoms with Gasteiger partial charge in [0.25, 0.3) is 0 Å². The average molecular weight is 231 g/mol. The molecule has 0 aliphatic carbocycles. The molecule has 0 radical (unpaired) electrons. The van der Waals surface area contributed by atoms with Crippen LogP contribution in [0.25, 0.3) is 5.69 Å². The van der Waals surface area contributed by atoms with Crippen LogP contribution in [0, 0.1) is 0 Å². The highest BCUT2D eigenvalue weighted by Crippen LogP contribution is 2.22. The molecule has 1 aromatic heterocycles. The highest BCUT2D eigenvalue weighted by molar-refractivity contribution is 5.85. The normalized spacial score (nSPS) is 10.8. The molecule has 5 nitrogen and oxygen atoms in total. The summed E-state index contributed by atoms with van der Waals surface area (Å²) in [5, 5.41) is 16.5. The molecule has 88 valence electrons.